The molecule has 10 heteroatoms. The number of hydrogen-bond donors (Lipinski definition) is 3. The van der Waals surface area contributed by atoms with Crippen LogP contribution < -0.4 is 15.7 Å². The molecule has 2 aliphatic heterocycles. The molecule has 1 amide bonds. The van der Waals surface area contributed by atoms with Crippen molar-refractivity contribution in [2.24, 2.45) is 11.7 Å². The second-order valence-corrected chi connectivity index (χ2v) is 7.11. The fourth-order valence-electron chi connectivity index (χ4n) is 3.61. The number of primary amides is 1. The largest absolute Gasteiger partial charge is 0.552 e. The lowest BCUT2D eigenvalue weighted by Gasteiger charge is -2.26. The quantitative estimate of drug-likeness (QED) is 0.671. The number of aryl methyl sites for hydroxylation is 1. The van der Waals surface area contributed by atoms with Gasteiger partial charge < -0.3 is 25.5 Å². The predicted molar refractivity (Wildman–Crippen MR) is 106 cm³/mol. The molecule has 1 aromatic carbocycles. The number of amides is 1. The van der Waals surface area contributed by atoms with Gasteiger partial charge in [0.15, 0.2) is 5.82 Å². The molecule has 3 heterocycles. The van der Waals surface area contributed by atoms with Crippen molar-refractivity contribution < 1.29 is 19.2 Å². The van der Waals surface area contributed by atoms with Crippen molar-refractivity contribution in [3.63, 3.8) is 0 Å². The molecule has 1 fully saturated rings. The van der Waals surface area contributed by atoms with Gasteiger partial charge >= 0.3 is 7.12 Å². The molecular formula is C19H20BN5O4. The number of nitrogens with two attached hydrogens (primary N) is 1. The highest BCUT2D eigenvalue weighted by atomic mass is 16.5. The van der Waals surface area contributed by atoms with Crippen LogP contribution in [0.3, 0.4) is 0 Å². The Kier molecular flexibility index (Phi) is 5.00. The summed E-state index contributed by atoms with van der Waals surface area (Å²) < 4.78 is 12.5. The van der Waals surface area contributed by atoms with E-state index in [1.54, 1.807) is 22.9 Å². The third-order valence-electron chi connectivity index (χ3n) is 5.07. The lowest BCUT2D eigenvalue weighted by molar-refractivity contribution is 0.0342. The fraction of sp³-hybridized carbons (Fsp3) is 0.316. The number of benzene rings is 1. The maximum absolute atomic E-state index is 12.0. The standard InChI is InChI=1S/C19H20BN5O4/c1-11-6-14(7-12-2-4-20(27)29-17(11)12)23-19-15(18(22)26)9-25(24-19)16-10-28-5-3-13(16)8-21/h2,4,6-7,9,13,16,27H,3,5,10H2,1H3,(H2,22,26)(H,23,24)/t13-,16?/m1/s1. The summed E-state index contributed by atoms with van der Waals surface area (Å²) in [6.45, 7) is 2.74. The summed E-state index contributed by atoms with van der Waals surface area (Å²) in [6, 6.07) is 5.66. The first-order chi connectivity index (χ1) is 14.0. The van der Waals surface area contributed by atoms with Crippen LogP contribution in [0.1, 0.15) is 33.9 Å². The minimum atomic E-state index is -0.969. The molecule has 1 unspecified atom stereocenters. The molecule has 0 aliphatic carbocycles. The first kappa shape index (κ1) is 19.0. The van der Waals surface area contributed by atoms with Crippen LogP contribution in [0.2, 0.25) is 0 Å². The average molecular weight is 393 g/mol. The first-order valence-corrected chi connectivity index (χ1v) is 9.27. The van der Waals surface area contributed by atoms with Crippen LogP contribution >= 0.6 is 0 Å². The molecule has 0 saturated carbocycles. The maximum Gasteiger partial charge on any atom is 0.552 e. The number of ether oxygens (including phenoxy) is 1. The Labute approximate surface area is 167 Å². The van der Waals surface area contributed by atoms with Crippen LogP contribution in [0.15, 0.2) is 24.3 Å². The van der Waals surface area contributed by atoms with Crippen molar-refractivity contribution in [2.45, 2.75) is 19.4 Å². The topological polar surface area (TPSA) is 135 Å². The van der Waals surface area contributed by atoms with Crippen molar-refractivity contribution in [3.05, 3.63) is 41.0 Å². The molecule has 1 saturated heterocycles. The normalized spacial score (nSPS) is 20.5. The molecule has 9 nitrogen and oxygen atoms in total. The van der Waals surface area contributed by atoms with Crippen molar-refractivity contribution >= 4 is 30.6 Å². The summed E-state index contributed by atoms with van der Waals surface area (Å²) in [6.07, 6.45) is 3.93. The van der Waals surface area contributed by atoms with E-state index in [9.17, 15) is 15.1 Å². The van der Waals surface area contributed by atoms with Gasteiger partial charge in [0.25, 0.3) is 5.91 Å². The van der Waals surface area contributed by atoms with Crippen LogP contribution in [-0.4, -0.2) is 41.0 Å². The molecule has 0 bridgehead atoms. The zero-order valence-corrected chi connectivity index (χ0v) is 15.8. The van der Waals surface area contributed by atoms with Crippen molar-refractivity contribution in [1.82, 2.24) is 9.78 Å². The number of hydrogen-bond acceptors (Lipinski definition) is 7. The van der Waals surface area contributed by atoms with Gasteiger partial charge in [-0.1, -0.05) is 6.08 Å². The lowest BCUT2D eigenvalue weighted by Crippen LogP contribution is -2.29. The molecule has 0 spiro atoms. The van der Waals surface area contributed by atoms with E-state index in [4.69, 9.17) is 15.1 Å². The van der Waals surface area contributed by atoms with Gasteiger partial charge in [-0.3, -0.25) is 9.48 Å². The van der Waals surface area contributed by atoms with Crippen LogP contribution in [-0.2, 0) is 4.74 Å². The maximum atomic E-state index is 12.0. The third-order valence-corrected chi connectivity index (χ3v) is 5.07. The van der Waals surface area contributed by atoms with Crippen LogP contribution in [0, 0.1) is 24.2 Å². The first-order valence-electron chi connectivity index (χ1n) is 9.27. The van der Waals surface area contributed by atoms with Gasteiger partial charge in [0, 0.05) is 24.1 Å². The van der Waals surface area contributed by atoms with Crippen LogP contribution in [0.5, 0.6) is 5.75 Å². The number of carbonyl (C=O) groups is 1. The van der Waals surface area contributed by atoms with Gasteiger partial charge in [-0.25, -0.2) is 0 Å². The molecule has 2 aromatic rings. The molecular weight excluding hydrogens is 373 g/mol. The molecule has 1 aromatic heterocycles. The summed E-state index contributed by atoms with van der Waals surface area (Å²) in [7, 11) is -0.969. The minimum Gasteiger partial charge on any atom is -0.532 e. The summed E-state index contributed by atoms with van der Waals surface area (Å²) in [5.41, 5.74) is 8.08. The van der Waals surface area contributed by atoms with E-state index >= 15 is 0 Å². The van der Waals surface area contributed by atoms with Gasteiger partial charge in [0.2, 0.25) is 0 Å². The predicted octanol–water partition coefficient (Wildman–Crippen LogP) is 1.56. The molecule has 29 heavy (non-hydrogen) atoms. The molecule has 4 rings (SSSR count). The highest BCUT2D eigenvalue weighted by molar-refractivity contribution is 6.51. The molecule has 0 radical (unpaired) electrons. The summed E-state index contributed by atoms with van der Waals surface area (Å²) in [4.78, 5) is 12.0. The van der Waals surface area contributed by atoms with E-state index in [0.717, 1.165) is 11.1 Å². The summed E-state index contributed by atoms with van der Waals surface area (Å²) >= 11 is 0. The van der Waals surface area contributed by atoms with Crippen molar-refractivity contribution in [1.29, 1.82) is 5.26 Å². The number of nitrogens with one attached hydrogen (secondary N) is 1. The summed E-state index contributed by atoms with van der Waals surface area (Å²) in [5, 5.41) is 26.7. The Hall–Kier alpha value is -3.29. The van der Waals surface area contributed by atoms with Crippen molar-refractivity contribution in [2.75, 3.05) is 18.5 Å². The SMILES string of the molecule is Cc1cc(Nc2nn(C3COCC[C@@H]3C#N)cc2C(N)=O)cc2c1OB(O)C=C2. The smallest absolute Gasteiger partial charge is 0.532 e. The number of fused-ring (bicyclic) bond motifs is 1. The highest BCUT2D eigenvalue weighted by Gasteiger charge is 2.30. The Morgan fingerprint density at radius 3 is 3.10 bits per heavy atom. The van der Waals surface area contributed by atoms with Crippen LogP contribution in [0.4, 0.5) is 11.5 Å². The van der Waals surface area contributed by atoms with Gasteiger partial charge in [-0.2, -0.15) is 10.4 Å². The molecule has 4 N–H and O–H groups in total. The lowest BCUT2D eigenvalue weighted by atomic mass is 9.86. The van der Waals surface area contributed by atoms with E-state index in [0.29, 0.717) is 36.9 Å². The molecule has 2 aliphatic rings. The summed E-state index contributed by atoms with van der Waals surface area (Å²) in [5.74, 6) is 1.57. The zero-order valence-electron chi connectivity index (χ0n) is 15.8. The number of rotatable bonds is 4. The van der Waals surface area contributed by atoms with Gasteiger partial charge in [-0.05, 0) is 37.0 Å². The monoisotopic (exact) mass is 393 g/mol. The van der Waals surface area contributed by atoms with Crippen LogP contribution in [0.25, 0.3) is 6.08 Å². The van der Waals surface area contributed by atoms with E-state index in [1.165, 1.54) is 0 Å². The number of nitriles is 1. The van der Waals surface area contributed by atoms with Gasteiger partial charge in [0.05, 0.1) is 24.6 Å². The van der Waals surface area contributed by atoms with E-state index in [2.05, 4.69) is 16.5 Å². The second-order valence-electron chi connectivity index (χ2n) is 7.11. The number of carbonyl (C=O) groups excluding carboxylic acids is 1. The van der Waals surface area contributed by atoms with E-state index < -0.39 is 13.0 Å². The number of aromatic nitrogens is 2. The Morgan fingerprint density at radius 2 is 2.34 bits per heavy atom. The van der Waals surface area contributed by atoms with Gasteiger partial charge in [0.1, 0.15) is 11.3 Å². The van der Waals surface area contributed by atoms with E-state index in [1.807, 2.05) is 19.1 Å². The number of nitrogens with zero attached hydrogens (tertiary/aromatic N) is 3. The van der Waals surface area contributed by atoms with Crippen molar-refractivity contribution in [3.8, 4) is 11.8 Å². The second kappa shape index (κ2) is 7.62. The minimum absolute atomic E-state index is 0.227. The third kappa shape index (κ3) is 3.70. The average Bonchev–Trinajstić information content (AvgIpc) is 3.12. The highest BCUT2D eigenvalue weighted by Crippen LogP contribution is 2.34. The van der Waals surface area contributed by atoms with E-state index in [-0.39, 0.29) is 17.5 Å². The van der Waals surface area contributed by atoms with Gasteiger partial charge in [-0.15, -0.1) is 0 Å². The molecule has 148 valence electrons. The fourth-order valence-corrected chi connectivity index (χ4v) is 3.61. The Balaban J connectivity index is 1.67. The zero-order chi connectivity index (χ0) is 20.5. The molecule has 2 atom stereocenters. The number of anilines is 2. The Morgan fingerprint density at radius 1 is 1.52 bits per heavy atom. The Bertz CT molecular complexity index is 1030.